The summed E-state index contributed by atoms with van der Waals surface area (Å²) in [5.74, 6) is -0.513. The van der Waals surface area contributed by atoms with Gasteiger partial charge in [-0.05, 0) is 66.9 Å². The number of rotatable bonds is 16. The summed E-state index contributed by atoms with van der Waals surface area (Å²) in [5.41, 5.74) is 1.29. The number of carbonyl (C=O) groups is 2. The van der Waals surface area contributed by atoms with Crippen molar-refractivity contribution in [3.8, 4) is 17.2 Å². The van der Waals surface area contributed by atoms with Crippen LogP contribution in [0.2, 0.25) is 15.1 Å². The molecule has 0 aliphatic rings. The molecule has 0 bridgehead atoms. The molecule has 0 heterocycles. The van der Waals surface area contributed by atoms with E-state index in [0.717, 1.165) is 9.87 Å². The Labute approximate surface area is 314 Å². The molecule has 0 fully saturated rings. The first-order valence-electron chi connectivity index (χ1n) is 16.0. The largest absolute Gasteiger partial charge is 0.495 e. The molecule has 10 nitrogen and oxygen atoms in total. The van der Waals surface area contributed by atoms with Gasteiger partial charge in [0.15, 0.2) is 11.5 Å². The number of carbonyl (C=O) groups excluding carboxylic acids is 2. The maximum absolute atomic E-state index is 14.8. The SMILES string of the molecule is CC[C@@H](C)NC(=O)[C@H](Cc1ccccc1)N(Cc1ccc(Cl)cc1Cl)C(=O)CN(c1cc(Cl)ccc1OC)S(=O)(=O)c1ccc(OC)c(OC)c1. The molecule has 0 radical (unpaired) electrons. The molecule has 4 aromatic carbocycles. The Hall–Kier alpha value is -4.16. The number of hydrogen-bond acceptors (Lipinski definition) is 7. The first kappa shape index (κ1) is 39.6. The van der Waals surface area contributed by atoms with E-state index in [0.29, 0.717) is 22.8 Å². The van der Waals surface area contributed by atoms with Crippen LogP contribution in [0.5, 0.6) is 17.2 Å². The predicted octanol–water partition coefficient (Wildman–Crippen LogP) is 7.42. The average molecular weight is 777 g/mol. The highest BCUT2D eigenvalue weighted by molar-refractivity contribution is 7.92. The molecule has 2 amide bonds. The van der Waals surface area contributed by atoms with Gasteiger partial charge in [0.25, 0.3) is 10.0 Å². The van der Waals surface area contributed by atoms with Gasteiger partial charge in [0.05, 0.1) is 31.9 Å². The van der Waals surface area contributed by atoms with Crippen molar-refractivity contribution < 1.29 is 32.2 Å². The maximum atomic E-state index is 14.8. The van der Waals surface area contributed by atoms with Crippen LogP contribution in [0.25, 0.3) is 0 Å². The lowest BCUT2D eigenvalue weighted by Gasteiger charge is -2.34. The number of anilines is 1. The molecule has 4 rings (SSSR count). The van der Waals surface area contributed by atoms with Gasteiger partial charge < -0.3 is 24.4 Å². The number of hydrogen-bond donors (Lipinski definition) is 1. The molecule has 51 heavy (non-hydrogen) atoms. The molecule has 2 atom stereocenters. The van der Waals surface area contributed by atoms with Crippen molar-refractivity contribution >= 4 is 62.3 Å². The summed E-state index contributed by atoms with van der Waals surface area (Å²) in [6, 6.07) is 21.3. The first-order valence-corrected chi connectivity index (χ1v) is 18.6. The summed E-state index contributed by atoms with van der Waals surface area (Å²) < 4.78 is 46.4. The fourth-order valence-electron chi connectivity index (χ4n) is 5.30. The minimum Gasteiger partial charge on any atom is -0.495 e. The van der Waals surface area contributed by atoms with Crippen molar-refractivity contribution in [1.29, 1.82) is 0 Å². The molecule has 272 valence electrons. The van der Waals surface area contributed by atoms with Crippen molar-refractivity contribution in [2.45, 2.75) is 50.2 Å². The molecule has 0 saturated carbocycles. The molecular weight excluding hydrogens is 737 g/mol. The van der Waals surface area contributed by atoms with E-state index in [1.54, 1.807) is 12.1 Å². The van der Waals surface area contributed by atoms with Crippen molar-refractivity contribution in [3.05, 3.63) is 111 Å². The zero-order chi connectivity index (χ0) is 37.3. The molecule has 0 aromatic heterocycles. The lowest BCUT2D eigenvalue weighted by Crippen LogP contribution is -2.54. The van der Waals surface area contributed by atoms with Crippen LogP contribution in [-0.2, 0) is 32.6 Å². The molecular formula is C37H40Cl3N3O7S. The molecule has 14 heteroatoms. The minimum atomic E-state index is -4.54. The second-order valence-electron chi connectivity index (χ2n) is 11.6. The van der Waals surface area contributed by atoms with Gasteiger partial charge in [-0.15, -0.1) is 0 Å². The molecule has 0 saturated heterocycles. The van der Waals surface area contributed by atoms with E-state index >= 15 is 0 Å². The smallest absolute Gasteiger partial charge is 0.265 e. The van der Waals surface area contributed by atoms with E-state index in [1.165, 1.54) is 68.7 Å². The summed E-state index contributed by atoms with van der Waals surface area (Å²) in [6.07, 6.45) is 0.773. The van der Waals surface area contributed by atoms with Gasteiger partial charge in [0, 0.05) is 40.1 Å². The Balaban J connectivity index is 1.91. The Bertz CT molecular complexity index is 1950. The summed E-state index contributed by atoms with van der Waals surface area (Å²) in [6.45, 7) is 2.91. The van der Waals surface area contributed by atoms with Gasteiger partial charge in [-0.1, -0.05) is 78.1 Å². The fourth-order valence-corrected chi connectivity index (χ4v) is 7.37. The lowest BCUT2D eigenvalue weighted by atomic mass is 10.0. The highest BCUT2D eigenvalue weighted by atomic mass is 35.5. The van der Waals surface area contributed by atoms with Gasteiger partial charge in [-0.2, -0.15) is 0 Å². The van der Waals surface area contributed by atoms with Gasteiger partial charge >= 0.3 is 0 Å². The van der Waals surface area contributed by atoms with Crippen LogP contribution in [0.1, 0.15) is 31.4 Å². The lowest BCUT2D eigenvalue weighted by molar-refractivity contribution is -0.140. The summed E-state index contributed by atoms with van der Waals surface area (Å²) in [5, 5.41) is 3.86. The maximum Gasteiger partial charge on any atom is 0.265 e. The number of sulfonamides is 1. The third-order valence-corrected chi connectivity index (χ3v) is 10.8. The number of amides is 2. The van der Waals surface area contributed by atoms with Crippen molar-refractivity contribution in [1.82, 2.24) is 10.2 Å². The molecule has 4 aromatic rings. The summed E-state index contributed by atoms with van der Waals surface area (Å²) in [7, 11) is -0.351. The molecule has 0 aliphatic heterocycles. The topological polar surface area (TPSA) is 114 Å². The van der Waals surface area contributed by atoms with E-state index in [4.69, 9.17) is 49.0 Å². The van der Waals surface area contributed by atoms with Gasteiger partial charge in [-0.3, -0.25) is 13.9 Å². The van der Waals surface area contributed by atoms with E-state index in [-0.39, 0.29) is 51.1 Å². The Morgan fingerprint density at radius 3 is 2.06 bits per heavy atom. The monoisotopic (exact) mass is 775 g/mol. The Morgan fingerprint density at radius 1 is 0.804 bits per heavy atom. The average Bonchev–Trinajstić information content (AvgIpc) is 3.12. The van der Waals surface area contributed by atoms with Crippen molar-refractivity contribution in [2.24, 2.45) is 0 Å². The van der Waals surface area contributed by atoms with Crippen LogP contribution in [0, 0.1) is 0 Å². The molecule has 0 aliphatic carbocycles. The van der Waals surface area contributed by atoms with E-state index in [2.05, 4.69) is 5.32 Å². The second-order valence-corrected chi connectivity index (χ2v) is 14.8. The zero-order valence-electron chi connectivity index (χ0n) is 28.9. The van der Waals surface area contributed by atoms with Gasteiger partial charge in [0.2, 0.25) is 11.8 Å². The summed E-state index contributed by atoms with van der Waals surface area (Å²) >= 11 is 19.2. The minimum absolute atomic E-state index is 0.00118. The third-order valence-electron chi connectivity index (χ3n) is 8.26. The fraction of sp³-hybridized carbons (Fsp3) is 0.297. The van der Waals surface area contributed by atoms with Crippen LogP contribution in [0.15, 0.2) is 89.8 Å². The number of ether oxygens (including phenoxy) is 3. The van der Waals surface area contributed by atoms with E-state index < -0.39 is 34.4 Å². The highest BCUT2D eigenvalue weighted by Gasteiger charge is 2.36. The second kappa shape index (κ2) is 17.9. The molecule has 1 N–H and O–H groups in total. The highest BCUT2D eigenvalue weighted by Crippen LogP contribution is 2.37. The number of halogens is 3. The Morgan fingerprint density at radius 2 is 1.43 bits per heavy atom. The Kier molecular flexibility index (Phi) is 13.9. The number of nitrogens with one attached hydrogen (secondary N) is 1. The zero-order valence-corrected chi connectivity index (χ0v) is 31.9. The first-order chi connectivity index (χ1) is 24.3. The van der Waals surface area contributed by atoms with Crippen LogP contribution < -0.4 is 23.8 Å². The van der Waals surface area contributed by atoms with Crippen molar-refractivity contribution in [2.75, 3.05) is 32.2 Å². The van der Waals surface area contributed by atoms with Crippen molar-refractivity contribution in [3.63, 3.8) is 0 Å². The molecule has 0 spiro atoms. The number of benzene rings is 4. The predicted molar refractivity (Wildman–Crippen MR) is 201 cm³/mol. The normalized spacial score (nSPS) is 12.4. The van der Waals surface area contributed by atoms with E-state index in [9.17, 15) is 18.0 Å². The van der Waals surface area contributed by atoms with Crippen LogP contribution >= 0.6 is 34.8 Å². The van der Waals surface area contributed by atoms with Gasteiger partial charge in [-0.25, -0.2) is 8.42 Å². The van der Waals surface area contributed by atoms with Crippen LogP contribution in [0.4, 0.5) is 5.69 Å². The third kappa shape index (κ3) is 9.79. The van der Waals surface area contributed by atoms with Crippen LogP contribution in [0.3, 0.4) is 0 Å². The number of nitrogens with zero attached hydrogens (tertiary/aromatic N) is 2. The van der Waals surface area contributed by atoms with Gasteiger partial charge in [0.1, 0.15) is 18.3 Å². The standard InChI is InChI=1S/C37H40Cl3N3O7S/c1-6-24(2)41-37(45)32(18-25-10-8-7-9-11-25)42(22-26-12-13-27(38)19-30(26)40)36(44)23-43(31-20-28(39)14-16-33(31)48-3)51(46,47)29-15-17-34(49-4)35(21-29)50-5/h7-17,19-21,24,32H,6,18,22-23H2,1-5H3,(H,41,45)/t24-,32+/m1/s1. The molecule has 0 unspecified atom stereocenters. The summed E-state index contributed by atoms with van der Waals surface area (Å²) in [4.78, 5) is 30.1. The quantitative estimate of drug-likeness (QED) is 0.126. The number of methoxy groups -OCH3 is 3. The van der Waals surface area contributed by atoms with Crippen LogP contribution in [-0.4, -0.2) is 65.1 Å². The van der Waals surface area contributed by atoms with E-state index in [1.807, 2.05) is 44.2 Å².